The quantitative estimate of drug-likeness (QED) is 0.245. The molecule has 8 rings (SSSR count). The van der Waals surface area contributed by atoms with Crippen molar-refractivity contribution < 1.29 is 0 Å². The number of benzene rings is 5. The molecule has 0 amide bonds. The van der Waals surface area contributed by atoms with Crippen molar-refractivity contribution in [1.29, 1.82) is 0 Å². The van der Waals surface area contributed by atoms with Gasteiger partial charge < -0.3 is 0 Å². The Morgan fingerprint density at radius 1 is 0.487 bits per heavy atom. The van der Waals surface area contributed by atoms with Crippen molar-refractivity contribution in [1.82, 2.24) is 19.4 Å². The zero-order valence-electron chi connectivity index (χ0n) is 21.0. The average Bonchev–Trinajstić information content (AvgIpc) is 3.40. The van der Waals surface area contributed by atoms with E-state index >= 15 is 0 Å². The molecule has 0 atom stereocenters. The molecule has 0 bridgehead atoms. The zero-order valence-corrected chi connectivity index (χ0v) is 21.0. The number of imidazole rings is 1. The number of rotatable bonds is 3. The Balaban J connectivity index is 1.38. The Morgan fingerprint density at radius 3 is 2.15 bits per heavy atom. The normalized spacial score (nSPS) is 11.6. The monoisotopic (exact) mass is 498 g/mol. The molecule has 3 heterocycles. The lowest BCUT2D eigenvalue weighted by molar-refractivity contribution is 1.23. The molecule has 0 aliphatic carbocycles. The van der Waals surface area contributed by atoms with E-state index in [2.05, 4.69) is 101 Å². The minimum absolute atomic E-state index is 0.728. The first-order valence-electron chi connectivity index (χ1n) is 13.1. The minimum atomic E-state index is 0.728. The highest BCUT2D eigenvalue weighted by molar-refractivity contribution is 6.00. The average molecular weight is 499 g/mol. The predicted octanol–water partition coefficient (Wildman–Crippen LogP) is 8.58. The first-order valence-corrected chi connectivity index (χ1v) is 13.1. The zero-order chi connectivity index (χ0) is 25.8. The summed E-state index contributed by atoms with van der Waals surface area (Å²) in [7, 11) is 0. The molecule has 0 unspecified atom stereocenters. The van der Waals surface area contributed by atoms with E-state index in [1.165, 1.54) is 5.39 Å². The fourth-order valence-electron chi connectivity index (χ4n) is 5.58. The number of nitrogens with zero attached hydrogens (tertiary/aromatic N) is 4. The highest BCUT2D eigenvalue weighted by Crippen LogP contribution is 2.35. The van der Waals surface area contributed by atoms with Gasteiger partial charge in [-0.15, -0.1) is 0 Å². The van der Waals surface area contributed by atoms with Crippen LogP contribution in [0, 0.1) is 0 Å². The smallest absolute Gasteiger partial charge is 0.160 e. The van der Waals surface area contributed by atoms with Crippen LogP contribution in [-0.4, -0.2) is 19.4 Å². The molecule has 5 aromatic carbocycles. The van der Waals surface area contributed by atoms with Crippen molar-refractivity contribution in [3.05, 3.63) is 133 Å². The Bertz CT molecular complexity index is 2180. The van der Waals surface area contributed by atoms with Gasteiger partial charge in [0.1, 0.15) is 5.65 Å². The van der Waals surface area contributed by atoms with Crippen molar-refractivity contribution in [3.8, 4) is 33.8 Å². The lowest BCUT2D eigenvalue weighted by Gasteiger charge is -2.13. The largest absolute Gasteiger partial charge is 0.292 e. The van der Waals surface area contributed by atoms with Crippen molar-refractivity contribution in [2.75, 3.05) is 0 Å². The number of hydrogen-bond acceptors (Lipinski definition) is 3. The summed E-state index contributed by atoms with van der Waals surface area (Å²) >= 11 is 0. The summed E-state index contributed by atoms with van der Waals surface area (Å²) in [6, 6.07) is 46.2. The summed E-state index contributed by atoms with van der Waals surface area (Å²) in [5, 5.41) is 2.21. The fourth-order valence-corrected chi connectivity index (χ4v) is 5.58. The van der Waals surface area contributed by atoms with Crippen LogP contribution in [0.25, 0.3) is 72.3 Å². The Morgan fingerprint density at radius 2 is 1.23 bits per heavy atom. The van der Waals surface area contributed by atoms with Crippen LogP contribution in [0.15, 0.2) is 133 Å². The lowest BCUT2D eigenvalue weighted by Crippen LogP contribution is -1.96. The maximum atomic E-state index is 5.09. The van der Waals surface area contributed by atoms with Gasteiger partial charge in [0.15, 0.2) is 5.82 Å². The topological polar surface area (TPSA) is 43.1 Å². The van der Waals surface area contributed by atoms with Gasteiger partial charge >= 0.3 is 0 Å². The van der Waals surface area contributed by atoms with Crippen LogP contribution in [0.1, 0.15) is 0 Å². The summed E-state index contributed by atoms with van der Waals surface area (Å²) < 4.78 is 2.28. The van der Waals surface area contributed by atoms with Crippen LogP contribution >= 0.6 is 0 Å². The molecule has 182 valence electrons. The second-order valence-electron chi connectivity index (χ2n) is 9.73. The van der Waals surface area contributed by atoms with E-state index in [0.29, 0.717) is 0 Å². The summed E-state index contributed by atoms with van der Waals surface area (Å²) in [5.74, 6) is 0.728. The van der Waals surface area contributed by atoms with Gasteiger partial charge in [-0.05, 0) is 47.3 Å². The summed E-state index contributed by atoms with van der Waals surface area (Å²) in [6.45, 7) is 0. The first kappa shape index (κ1) is 21.7. The number of para-hydroxylation sites is 4. The standard InChI is InChI=1S/C35H22N4/c1-2-10-24(11-3-1)35-37-29-17-5-4-15-28(29)33(38-35)26-14-8-13-25(22-26)27-16-9-12-23-20-21-32-36-30-18-6-7-19-31(30)39(32)34(23)27/h1-22H. The van der Waals surface area contributed by atoms with Crippen molar-refractivity contribution >= 4 is 38.5 Å². The summed E-state index contributed by atoms with van der Waals surface area (Å²) in [4.78, 5) is 14.9. The number of pyridine rings is 1. The van der Waals surface area contributed by atoms with Crippen LogP contribution < -0.4 is 0 Å². The molecule has 0 aliphatic heterocycles. The molecule has 4 nitrogen and oxygen atoms in total. The number of aromatic nitrogens is 4. The molecular weight excluding hydrogens is 476 g/mol. The second-order valence-corrected chi connectivity index (χ2v) is 9.73. The SMILES string of the molecule is c1ccc(-c2nc(-c3cccc(-c4cccc5ccc6nc7ccccc7n6c45)c3)c3ccccc3n2)cc1. The highest BCUT2D eigenvalue weighted by atomic mass is 15.0. The minimum Gasteiger partial charge on any atom is -0.292 e. The van der Waals surface area contributed by atoms with E-state index in [9.17, 15) is 0 Å². The van der Waals surface area contributed by atoms with Gasteiger partial charge in [0.2, 0.25) is 0 Å². The van der Waals surface area contributed by atoms with Crippen LogP contribution in [0.3, 0.4) is 0 Å². The molecule has 0 N–H and O–H groups in total. The summed E-state index contributed by atoms with van der Waals surface area (Å²) in [5.41, 5.74) is 10.4. The lowest BCUT2D eigenvalue weighted by atomic mass is 9.97. The number of fused-ring (bicyclic) bond motifs is 6. The third-order valence-corrected chi connectivity index (χ3v) is 7.37. The molecule has 8 aromatic rings. The molecule has 0 spiro atoms. The van der Waals surface area contributed by atoms with Crippen LogP contribution in [-0.2, 0) is 0 Å². The third-order valence-electron chi connectivity index (χ3n) is 7.37. The van der Waals surface area contributed by atoms with E-state index in [0.717, 1.165) is 66.9 Å². The van der Waals surface area contributed by atoms with Gasteiger partial charge in [0.25, 0.3) is 0 Å². The maximum Gasteiger partial charge on any atom is 0.160 e. The first-order chi connectivity index (χ1) is 19.3. The molecule has 3 aromatic heterocycles. The van der Waals surface area contributed by atoms with E-state index in [1.54, 1.807) is 0 Å². The Hall–Kier alpha value is -5.35. The Labute approximate surface area is 224 Å². The van der Waals surface area contributed by atoms with Crippen molar-refractivity contribution in [2.24, 2.45) is 0 Å². The van der Waals surface area contributed by atoms with Crippen LogP contribution in [0.4, 0.5) is 0 Å². The van der Waals surface area contributed by atoms with E-state index < -0.39 is 0 Å². The van der Waals surface area contributed by atoms with Gasteiger partial charge in [0.05, 0.1) is 27.8 Å². The molecule has 0 fully saturated rings. The molecule has 0 radical (unpaired) electrons. The van der Waals surface area contributed by atoms with Gasteiger partial charge in [-0.2, -0.15) is 0 Å². The number of hydrogen-bond donors (Lipinski definition) is 0. The maximum absolute atomic E-state index is 5.09. The predicted molar refractivity (Wildman–Crippen MR) is 160 cm³/mol. The second kappa shape index (κ2) is 8.61. The summed E-state index contributed by atoms with van der Waals surface area (Å²) in [6.07, 6.45) is 0. The van der Waals surface area contributed by atoms with E-state index in [-0.39, 0.29) is 0 Å². The molecule has 0 saturated heterocycles. The van der Waals surface area contributed by atoms with Gasteiger partial charge in [-0.25, -0.2) is 15.0 Å². The van der Waals surface area contributed by atoms with Crippen LogP contribution in [0.5, 0.6) is 0 Å². The molecule has 4 heteroatoms. The fraction of sp³-hybridized carbons (Fsp3) is 0. The van der Waals surface area contributed by atoms with E-state index in [1.807, 2.05) is 36.4 Å². The molecule has 0 aliphatic rings. The molecular formula is C35H22N4. The van der Waals surface area contributed by atoms with Gasteiger partial charge in [-0.3, -0.25) is 4.40 Å². The Kier molecular flexibility index (Phi) is 4.79. The van der Waals surface area contributed by atoms with Gasteiger partial charge in [-0.1, -0.05) is 97.1 Å². The highest BCUT2D eigenvalue weighted by Gasteiger charge is 2.15. The van der Waals surface area contributed by atoms with Crippen LogP contribution in [0.2, 0.25) is 0 Å². The molecule has 39 heavy (non-hydrogen) atoms. The van der Waals surface area contributed by atoms with Crippen molar-refractivity contribution in [2.45, 2.75) is 0 Å². The molecule has 0 saturated carbocycles. The van der Waals surface area contributed by atoms with Gasteiger partial charge in [0, 0.05) is 22.1 Å². The van der Waals surface area contributed by atoms with Crippen molar-refractivity contribution in [3.63, 3.8) is 0 Å². The third kappa shape index (κ3) is 3.50. The van der Waals surface area contributed by atoms with E-state index in [4.69, 9.17) is 15.0 Å².